The largest absolute Gasteiger partial charge is 0.497 e. The predicted molar refractivity (Wildman–Crippen MR) is 72.1 cm³/mol. The van der Waals surface area contributed by atoms with E-state index < -0.39 is 17.5 Å². The molecule has 2 rings (SSSR count). The van der Waals surface area contributed by atoms with Gasteiger partial charge in [-0.15, -0.1) is 0 Å². The van der Waals surface area contributed by atoms with E-state index in [2.05, 4.69) is 0 Å². The molecule has 0 atom stereocenters. The minimum atomic E-state index is -0.884. The SMILES string of the molecule is COc1cccc(N(C)C(=O)c2ccc(F)cc2F)c1. The van der Waals surface area contributed by atoms with Crippen LogP contribution in [-0.4, -0.2) is 20.1 Å². The van der Waals surface area contributed by atoms with Crippen molar-refractivity contribution in [2.75, 3.05) is 19.1 Å². The zero-order valence-corrected chi connectivity index (χ0v) is 11.1. The fourth-order valence-electron chi connectivity index (χ4n) is 1.78. The fraction of sp³-hybridized carbons (Fsp3) is 0.133. The summed E-state index contributed by atoms with van der Waals surface area (Å²) >= 11 is 0. The van der Waals surface area contributed by atoms with Gasteiger partial charge >= 0.3 is 0 Å². The highest BCUT2D eigenvalue weighted by molar-refractivity contribution is 6.05. The van der Waals surface area contributed by atoms with E-state index >= 15 is 0 Å². The van der Waals surface area contributed by atoms with Crippen molar-refractivity contribution in [1.29, 1.82) is 0 Å². The Morgan fingerprint density at radius 3 is 2.55 bits per heavy atom. The average molecular weight is 277 g/mol. The molecule has 0 unspecified atom stereocenters. The van der Waals surface area contributed by atoms with Gasteiger partial charge < -0.3 is 9.64 Å². The van der Waals surface area contributed by atoms with E-state index in [0.717, 1.165) is 12.1 Å². The molecule has 0 aliphatic carbocycles. The summed E-state index contributed by atoms with van der Waals surface area (Å²) in [7, 11) is 3.03. The predicted octanol–water partition coefficient (Wildman–Crippen LogP) is 3.25. The first-order valence-corrected chi connectivity index (χ1v) is 5.90. The van der Waals surface area contributed by atoms with Gasteiger partial charge in [-0.3, -0.25) is 4.79 Å². The zero-order valence-electron chi connectivity index (χ0n) is 11.1. The summed E-state index contributed by atoms with van der Waals surface area (Å²) in [6.45, 7) is 0. The Bertz CT molecular complexity index is 644. The third kappa shape index (κ3) is 2.77. The Hall–Kier alpha value is -2.43. The number of ether oxygens (including phenoxy) is 1. The molecule has 0 aliphatic rings. The summed E-state index contributed by atoms with van der Waals surface area (Å²) in [6, 6.07) is 9.67. The number of hydrogen-bond donors (Lipinski definition) is 0. The number of hydrogen-bond acceptors (Lipinski definition) is 2. The van der Waals surface area contributed by atoms with Crippen LogP contribution in [0.4, 0.5) is 14.5 Å². The lowest BCUT2D eigenvalue weighted by atomic mass is 10.1. The normalized spacial score (nSPS) is 10.2. The number of carbonyl (C=O) groups excluding carboxylic acids is 1. The minimum Gasteiger partial charge on any atom is -0.497 e. The Morgan fingerprint density at radius 2 is 1.90 bits per heavy atom. The van der Waals surface area contributed by atoms with Crippen LogP contribution in [0.25, 0.3) is 0 Å². The van der Waals surface area contributed by atoms with E-state index in [-0.39, 0.29) is 5.56 Å². The molecule has 1 amide bonds. The highest BCUT2D eigenvalue weighted by Crippen LogP contribution is 2.22. The van der Waals surface area contributed by atoms with Gasteiger partial charge in [-0.05, 0) is 24.3 Å². The molecule has 0 aliphatic heterocycles. The van der Waals surface area contributed by atoms with Crippen LogP contribution in [-0.2, 0) is 0 Å². The highest BCUT2D eigenvalue weighted by atomic mass is 19.1. The van der Waals surface area contributed by atoms with Gasteiger partial charge in [0, 0.05) is 24.9 Å². The molecule has 0 heterocycles. The van der Waals surface area contributed by atoms with Gasteiger partial charge in [0.25, 0.3) is 5.91 Å². The third-order valence-electron chi connectivity index (χ3n) is 2.91. The molecule has 0 radical (unpaired) electrons. The Balaban J connectivity index is 2.32. The molecular weight excluding hydrogens is 264 g/mol. The summed E-state index contributed by atoms with van der Waals surface area (Å²) in [6.07, 6.45) is 0. The number of halogens is 2. The molecular formula is C15H13F2NO2. The standard InChI is InChI=1S/C15H13F2NO2/c1-18(11-4-3-5-12(9-11)20-2)15(19)13-7-6-10(16)8-14(13)17/h3-9H,1-2H3. The van der Waals surface area contributed by atoms with Crippen LogP contribution in [0.3, 0.4) is 0 Å². The number of carbonyl (C=O) groups is 1. The van der Waals surface area contributed by atoms with Crippen molar-refractivity contribution < 1.29 is 18.3 Å². The summed E-state index contributed by atoms with van der Waals surface area (Å²) in [5, 5.41) is 0. The number of amides is 1. The quantitative estimate of drug-likeness (QED) is 0.862. The van der Waals surface area contributed by atoms with Crippen LogP contribution >= 0.6 is 0 Å². The van der Waals surface area contributed by atoms with E-state index in [1.807, 2.05) is 0 Å². The smallest absolute Gasteiger partial charge is 0.260 e. The second kappa shape index (κ2) is 5.69. The lowest BCUT2D eigenvalue weighted by Crippen LogP contribution is -2.27. The van der Waals surface area contributed by atoms with Crippen LogP contribution in [0.2, 0.25) is 0 Å². The molecule has 104 valence electrons. The molecule has 0 fully saturated rings. The van der Waals surface area contributed by atoms with Crippen LogP contribution < -0.4 is 9.64 Å². The first-order chi connectivity index (χ1) is 9.52. The second-order valence-corrected chi connectivity index (χ2v) is 4.19. The first kappa shape index (κ1) is 14.0. The molecule has 0 N–H and O–H groups in total. The highest BCUT2D eigenvalue weighted by Gasteiger charge is 2.18. The Labute approximate surface area is 115 Å². The number of rotatable bonds is 3. The lowest BCUT2D eigenvalue weighted by molar-refractivity contribution is 0.0989. The van der Waals surface area contributed by atoms with E-state index in [0.29, 0.717) is 17.5 Å². The van der Waals surface area contributed by atoms with Crippen LogP contribution in [0.5, 0.6) is 5.75 Å². The molecule has 2 aromatic rings. The molecule has 2 aromatic carbocycles. The molecule has 0 saturated heterocycles. The fourth-order valence-corrected chi connectivity index (χ4v) is 1.78. The summed E-state index contributed by atoms with van der Waals surface area (Å²) < 4.78 is 31.5. The van der Waals surface area contributed by atoms with Gasteiger partial charge in [-0.1, -0.05) is 6.07 Å². The van der Waals surface area contributed by atoms with E-state index in [9.17, 15) is 13.6 Å². The monoisotopic (exact) mass is 277 g/mol. The van der Waals surface area contributed by atoms with Crippen molar-refractivity contribution in [2.45, 2.75) is 0 Å². The molecule has 0 bridgehead atoms. The van der Waals surface area contributed by atoms with Crippen molar-refractivity contribution >= 4 is 11.6 Å². The van der Waals surface area contributed by atoms with Crippen molar-refractivity contribution in [2.24, 2.45) is 0 Å². The molecule has 20 heavy (non-hydrogen) atoms. The van der Waals surface area contributed by atoms with Gasteiger partial charge in [0.2, 0.25) is 0 Å². The molecule has 0 spiro atoms. The van der Waals surface area contributed by atoms with Crippen molar-refractivity contribution in [3.63, 3.8) is 0 Å². The summed E-state index contributed by atoms with van der Waals surface area (Å²) in [5.41, 5.74) is 0.370. The summed E-state index contributed by atoms with van der Waals surface area (Å²) in [5.74, 6) is -1.58. The third-order valence-corrected chi connectivity index (χ3v) is 2.91. The number of benzene rings is 2. The molecule has 5 heteroatoms. The van der Waals surface area contributed by atoms with Gasteiger partial charge in [0.1, 0.15) is 17.4 Å². The number of nitrogens with zero attached hydrogens (tertiary/aromatic N) is 1. The second-order valence-electron chi connectivity index (χ2n) is 4.19. The molecule has 3 nitrogen and oxygen atoms in total. The van der Waals surface area contributed by atoms with Crippen molar-refractivity contribution in [3.05, 3.63) is 59.7 Å². The molecule has 0 aromatic heterocycles. The maximum absolute atomic E-state index is 13.6. The number of methoxy groups -OCH3 is 1. The zero-order chi connectivity index (χ0) is 14.7. The lowest BCUT2D eigenvalue weighted by Gasteiger charge is -2.18. The topological polar surface area (TPSA) is 29.5 Å². The first-order valence-electron chi connectivity index (χ1n) is 5.90. The van der Waals surface area contributed by atoms with Crippen molar-refractivity contribution in [3.8, 4) is 5.75 Å². The van der Waals surface area contributed by atoms with E-state index in [1.165, 1.54) is 19.1 Å². The Morgan fingerprint density at radius 1 is 1.15 bits per heavy atom. The van der Waals surface area contributed by atoms with Gasteiger partial charge in [0.05, 0.1) is 12.7 Å². The van der Waals surface area contributed by atoms with Gasteiger partial charge in [0.15, 0.2) is 0 Å². The van der Waals surface area contributed by atoms with Gasteiger partial charge in [-0.25, -0.2) is 8.78 Å². The van der Waals surface area contributed by atoms with Gasteiger partial charge in [-0.2, -0.15) is 0 Å². The van der Waals surface area contributed by atoms with Crippen LogP contribution in [0.1, 0.15) is 10.4 Å². The van der Waals surface area contributed by atoms with E-state index in [4.69, 9.17) is 4.74 Å². The maximum Gasteiger partial charge on any atom is 0.260 e. The number of anilines is 1. The summed E-state index contributed by atoms with van der Waals surface area (Å²) in [4.78, 5) is 13.5. The van der Waals surface area contributed by atoms with E-state index in [1.54, 1.807) is 24.3 Å². The minimum absolute atomic E-state index is 0.184. The van der Waals surface area contributed by atoms with Crippen LogP contribution in [0.15, 0.2) is 42.5 Å². The Kier molecular flexibility index (Phi) is 3.98. The van der Waals surface area contributed by atoms with Crippen molar-refractivity contribution in [1.82, 2.24) is 0 Å². The van der Waals surface area contributed by atoms with Crippen LogP contribution in [0, 0.1) is 11.6 Å². The maximum atomic E-state index is 13.6. The molecule has 0 saturated carbocycles. The average Bonchev–Trinajstić information content (AvgIpc) is 2.46.